The molecule has 0 spiro atoms. The number of hydrogen-bond donors (Lipinski definition) is 1. The Morgan fingerprint density at radius 2 is 2.75 bits per heavy atom. The molecule has 1 heterocycles. The van der Waals surface area contributed by atoms with Crippen molar-refractivity contribution >= 4 is 0 Å². The van der Waals surface area contributed by atoms with E-state index in [1.54, 1.807) is 12.4 Å². The van der Waals surface area contributed by atoms with Crippen LogP contribution in [0, 0.1) is 13.3 Å². The summed E-state index contributed by atoms with van der Waals surface area (Å²) in [5.74, 6) is 0.903. The van der Waals surface area contributed by atoms with Crippen molar-refractivity contribution in [3.63, 3.8) is 0 Å². The maximum absolute atomic E-state index is 3.95. The van der Waals surface area contributed by atoms with Gasteiger partial charge in [-0.25, -0.2) is 4.98 Å². The first-order chi connectivity index (χ1) is 3.93. The summed E-state index contributed by atoms with van der Waals surface area (Å²) in [6.07, 6.45) is 6.23. The van der Waals surface area contributed by atoms with Crippen molar-refractivity contribution in [2.24, 2.45) is 0 Å². The van der Waals surface area contributed by atoms with Crippen LogP contribution in [0.4, 0.5) is 0 Å². The van der Waals surface area contributed by atoms with E-state index in [1.807, 2.05) is 6.42 Å². The number of rotatable bonds is 2. The Kier molecular flexibility index (Phi) is 1.67. The standard InChI is InChI=1S/C6H8N2/c1-2-3-6-7-4-5-8-6/h3-5H,1-2H2,(H,7,8). The summed E-state index contributed by atoms with van der Waals surface area (Å²) < 4.78 is 0. The van der Waals surface area contributed by atoms with E-state index >= 15 is 0 Å². The van der Waals surface area contributed by atoms with Crippen LogP contribution in [-0.2, 0) is 0 Å². The van der Waals surface area contributed by atoms with E-state index in [0.717, 1.165) is 12.2 Å². The third-order valence-electron chi connectivity index (χ3n) is 0.857. The molecule has 2 radical (unpaired) electrons. The first-order valence-corrected chi connectivity index (χ1v) is 2.55. The molecule has 0 saturated carbocycles. The van der Waals surface area contributed by atoms with E-state index in [2.05, 4.69) is 16.9 Å². The van der Waals surface area contributed by atoms with Crippen molar-refractivity contribution in [3.8, 4) is 0 Å². The normalized spacial score (nSPS) is 9.62. The smallest absolute Gasteiger partial charge is 0.109 e. The molecule has 2 heteroatoms. The molecule has 0 aromatic carbocycles. The average Bonchev–Trinajstić information content (AvgIpc) is 2.19. The minimum Gasteiger partial charge on any atom is -0.348 e. The van der Waals surface area contributed by atoms with E-state index in [1.165, 1.54) is 0 Å². The topological polar surface area (TPSA) is 28.7 Å². The van der Waals surface area contributed by atoms with Gasteiger partial charge < -0.3 is 4.98 Å². The first kappa shape index (κ1) is 5.35. The van der Waals surface area contributed by atoms with Gasteiger partial charge in [0.2, 0.25) is 0 Å². The molecular formula is C6H8N2. The molecule has 0 atom stereocenters. The van der Waals surface area contributed by atoms with Crippen LogP contribution in [-0.4, -0.2) is 9.97 Å². The molecule has 1 aromatic rings. The van der Waals surface area contributed by atoms with Crippen molar-refractivity contribution in [3.05, 3.63) is 31.6 Å². The molecule has 8 heavy (non-hydrogen) atoms. The fourth-order valence-electron chi connectivity index (χ4n) is 0.526. The predicted molar refractivity (Wildman–Crippen MR) is 32.0 cm³/mol. The summed E-state index contributed by atoms with van der Waals surface area (Å²) in [5, 5.41) is 0. The van der Waals surface area contributed by atoms with Crippen LogP contribution in [0.5, 0.6) is 0 Å². The molecule has 0 amide bonds. The lowest BCUT2D eigenvalue weighted by Crippen LogP contribution is -1.80. The van der Waals surface area contributed by atoms with Crippen LogP contribution >= 0.6 is 0 Å². The minimum absolute atomic E-state index is 0.785. The highest BCUT2D eigenvalue weighted by molar-refractivity contribution is 5.00. The number of hydrogen-bond acceptors (Lipinski definition) is 1. The van der Waals surface area contributed by atoms with Crippen LogP contribution in [0.3, 0.4) is 0 Å². The third-order valence-corrected chi connectivity index (χ3v) is 0.857. The molecule has 0 aliphatic carbocycles. The maximum Gasteiger partial charge on any atom is 0.109 e. The molecule has 0 saturated heterocycles. The highest BCUT2D eigenvalue weighted by Gasteiger charge is 1.88. The number of nitrogens with one attached hydrogen (secondary N) is 1. The molecule has 2 nitrogen and oxygen atoms in total. The molecule has 0 bridgehead atoms. The van der Waals surface area contributed by atoms with Gasteiger partial charge in [-0.3, -0.25) is 0 Å². The van der Waals surface area contributed by atoms with Crippen LogP contribution in [0.2, 0.25) is 0 Å². The lowest BCUT2D eigenvalue weighted by molar-refractivity contribution is 1.10. The zero-order valence-electron chi connectivity index (χ0n) is 4.59. The summed E-state index contributed by atoms with van der Waals surface area (Å²) in [4.78, 5) is 6.89. The van der Waals surface area contributed by atoms with E-state index in [0.29, 0.717) is 0 Å². The number of aromatic nitrogens is 2. The van der Waals surface area contributed by atoms with Crippen LogP contribution in [0.15, 0.2) is 12.4 Å². The molecular weight excluding hydrogens is 100 g/mol. The molecule has 42 valence electrons. The molecule has 1 aromatic heterocycles. The van der Waals surface area contributed by atoms with Gasteiger partial charge in [0.25, 0.3) is 0 Å². The van der Waals surface area contributed by atoms with E-state index in [-0.39, 0.29) is 0 Å². The molecule has 0 aliphatic rings. The zero-order valence-corrected chi connectivity index (χ0v) is 4.59. The van der Waals surface area contributed by atoms with E-state index in [9.17, 15) is 0 Å². The molecule has 0 fully saturated rings. The van der Waals surface area contributed by atoms with Gasteiger partial charge in [0.15, 0.2) is 0 Å². The number of H-pyrrole nitrogens is 1. The highest BCUT2D eigenvalue weighted by atomic mass is 14.9. The Labute approximate surface area is 49.0 Å². The fourth-order valence-corrected chi connectivity index (χ4v) is 0.526. The van der Waals surface area contributed by atoms with Gasteiger partial charge >= 0.3 is 0 Å². The maximum atomic E-state index is 3.95. The van der Waals surface area contributed by atoms with Crippen LogP contribution < -0.4 is 0 Å². The Morgan fingerprint density at radius 1 is 1.88 bits per heavy atom. The molecule has 1 rings (SSSR count). The second-order valence-electron chi connectivity index (χ2n) is 1.47. The molecule has 0 aliphatic heterocycles. The van der Waals surface area contributed by atoms with E-state index < -0.39 is 0 Å². The van der Waals surface area contributed by atoms with Gasteiger partial charge in [-0.05, 0) is 6.42 Å². The number of nitrogens with zero attached hydrogens (tertiary/aromatic N) is 1. The Balaban J connectivity index is 2.50. The van der Waals surface area contributed by atoms with Gasteiger partial charge in [-0.2, -0.15) is 0 Å². The summed E-state index contributed by atoms with van der Waals surface area (Å²) in [7, 11) is 0. The first-order valence-electron chi connectivity index (χ1n) is 2.55. The van der Waals surface area contributed by atoms with Crippen LogP contribution in [0.25, 0.3) is 0 Å². The monoisotopic (exact) mass is 108 g/mol. The average molecular weight is 108 g/mol. The third kappa shape index (κ3) is 1.09. The largest absolute Gasteiger partial charge is 0.348 e. The number of aromatic amines is 1. The quantitative estimate of drug-likeness (QED) is 0.605. The molecule has 0 unspecified atom stereocenters. The van der Waals surface area contributed by atoms with Gasteiger partial charge in [-0.15, -0.1) is 0 Å². The minimum atomic E-state index is 0.785. The predicted octanol–water partition coefficient (Wildman–Crippen LogP) is 1.19. The lowest BCUT2D eigenvalue weighted by Gasteiger charge is -1.85. The Hall–Kier alpha value is -0.790. The van der Waals surface area contributed by atoms with Gasteiger partial charge in [0.05, 0.1) is 0 Å². The summed E-state index contributed by atoms with van der Waals surface area (Å²) in [6, 6.07) is 0. The van der Waals surface area contributed by atoms with Crippen molar-refractivity contribution in [1.82, 2.24) is 9.97 Å². The molecule has 1 N–H and O–H groups in total. The van der Waals surface area contributed by atoms with E-state index in [4.69, 9.17) is 0 Å². The SMILES string of the molecule is [CH2]C[CH]c1ncc[nH]1. The summed E-state index contributed by atoms with van der Waals surface area (Å²) >= 11 is 0. The lowest BCUT2D eigenvalue weighted by atomic mass is 10.3. The van der Waals surface area contributed by atoms with Gasteiger partial charge in [0.1, 0.15) is 5.82 Å². The van der Waals surface area contributed by atoms with Crippen molar-refractivity contribution in [2.45, 2.75) is 6.42 Å². The van der Waals surface area contributed by atoms with Crippen LogP contribution in [0.1, 0.15) is 12.2 Å². The number of imidazole rings is 1. The highest BCUT2D eigenvalue weighted by Crippen LogP contribution is 1.94. The van der Waals surface area contributed by atoms with Crippen molar-refractivity contribution < 1.29 is 0 Å². The second-order valence-corrected chi connectivity index (χ2v) is 1.47. The second kappa shape index (κ2) is 2.50. The van der Waals surface area contributed by atoms with Crippen molar-refractivity contribution in [1.29, 1.82) is 0 Å². The summed E-state index contributed by atoms with van der Waals surface area (Å²) in [6.45, 7) is 3.64. The van der Waals surface area contributed by atoms with Gasteiger partial charge in [-0.1, -0.05) is 6.92 Å². The Morgan fingerprint density at radius 3 is 3.25 bits per heavy atom. The summed E-state index contributed by atoms with van der Waals surface area (Å²) in [5.41, 5.74) is 0. The Bertz CT molecular complexity index is 132. The van der Waals surface area contributed by atoms with Gasteiger partial charge in [0, 0.05) is 18.8 Å². The van der Waals surface area contributed by atoms with Crippen molar-refractivity contribution in [2.75, 3.05) is 0 Å². The fraction of sp³-hybridized carbons (Fsp3) is 0.167. The zero-order chi connectivity index (χ0) is 5.82.